The van der Waals surface area contributed by atoms with Crippen LogP contribution in [0.25, 0.3) is 0 Å². The molecule has 0 aliphatic carbocycles. The Morgan fingerprint density at radius 1 is 1.50 bits per heavy atom. The highest BCUT2D eigenvalue weighted by molar-refractivity contribution is 5.99. The van der Waals surface area contributed by atoms with Crippen molar-refractivity contribution in [2.45, 2.75) is 18.9 Å². The topological polar surface area (TPSA) is 46.3 Å². The van der Waals surface area contributed by atoms with Crippen LogP contribution in [0.3, 0.4) is 0 Å². The molecule has 1 aliphatic heterocycles. The Balaban J connectivity index is 2.17. The van der Waals surface area contributed by atoms with Gasteiger partial charge in [0.25, 0.3) is 0 Å². The van der Waals surface area contributed by atoms with E-state index in [1.807, 2.05) is 18.2 Å². The van der Waals surface area contributed by atoms with Gasteiger partial charge in [0.15, 0.2) is 5.78 Å². The molecule has 1 aromatic rings. The van der Waals surface area contributed by atoms with E-state index in [9.17, 15) is 4.79 Å². The number of Topliss-reactive ketones (excluding diaryl/α,β-unsaturated/α-hetero) is 1. The number of carbonyl (C=O) groups excluding carboxylic acids is 1. The summed E-state index contributed by atoms with van der Waals surface area (Å²) in [6, 6.07) is 7.46. The lowest BCUT2D eigenvalue weighted by atomic mass is 9.90. The predicted molar refractivity (Wildman–Crippen MR) is 64.7 cm³/mol. The zero-order chi connectivity index (χ0) is 11.7. The summed E-state index contributed by atoms with van der Waals surface area (Å²) in [6.07, 6.45) is 0. The average molecular weight is 218 g/mol. The Hall–Kier alpha value is -1.19. The molecule has 1 unspecified atom stereocenters. The third kappa shape index (κ3) is 2.15. The first kappa shape index (κ1) is 11.3. The molecule has 1 heterocycles. The number of nitrogens with zero attached hydrogens (tertiary/aromatic N) is 1. The van der Waals surface area contributed by atoms with Gasteiger partial charge < -0.3 is 10.6 Å². The van der Waals surface area contributed by atoms with Crippen molar-refractivity contribution in [2.24, 2.45) is 5.73 Å². The molecule has 0 saturated carbocycles. The summed E-state index contributed by atoms with van der Waals surface area (Å²) in [4.78, 5) is 14.0. The highest BCUT2D eigenvalue weighted by Crippen LogP contribution is 2.26. The van der Waals surface area contributed by atoms with Crippen molar-refractivity contribution >= 4 is 5.78 Å². The molecule has 2 N–H and O–H groups in total. The first-order valence-corrected chi connectivity index (χ1v) is 5.66. The van der Waals surface area contributed by atoms with E-state index < -0.39 is 6.04 Å². The summed E-state index contributed by atoms with van der Waals surface area (Å²) in [6.45, 7) is 3.89. The Labute approximate surface area is 96.2 Å². The number of likely N-dealkylation sites (tertiary alicyclic amines) is 1. The maximum absolute atomic E-state index is 11.8. The largest absolute Gasteiger partial charge is 0.321 e. The lowest BCUT2D eigenvalue weighted by molar-refractivity contribution is 0.0967. The normalized spacial score (nSPS) is 19.2. The standard InChI is InChI=1S/C13H18N2O/c1-9(14)13(16)11-5-3-4-10(6-11)12-7-15(2)8-12/h3-6,9,12H,7-8,14H2,1-2H3. The second-order valence-corrected chi connectivity index (χ2v) is 4.70. The summed E-state index contributed by atoms with van der Waals surface area (Å²) in [7, 11) is 2.10. The molecule has 0 radical (unpaired) electrons. The van der Waals surface area contributed by atoms with Crippen LogP contribution < -0.4 is 5.73 Å². The average Bonchev–Trinajstić information content (AvgIpc) is 2.24. The van der Waals surface area contributed by atoms with Crippen molar-refractivity contribution in [3.05, 3.63) is 35.4 Å². The van der Waals surface area contributed by atoms with Crippen LogP contribution in [0, 0.1) is 0 Å². The van der Waals surface area contributed by atoms with Crippen LogP contribution in [0.4, 0.5) is 0 Å². The van der Waals surface area contributed by atoms with E-state index >= 15 is 0 Å². The number of hydrogen-bond acceptors (Lipinski definition) is 3. The summed E-state index contributed by atoms with van der Waals surface area (Å²) in [5, 5.41) is 0. The van der Waals surface area contributed by atoms with Gasteiger partial charge in [-0.15, -0.1) is 0 Å². The minimum absolute atomic E-state index is 0.0227. The fraction of sp³-hybridized carbons (Fsp3) is 0.462. The lowest BCUT2D eigenvalue weighted by Gasteiger charge is -2.36. The van der Waals surface area contributed by atoms with Crippen molar-refractivity contribution in [2.75, 3.05) is 20.1 Å². The highest BCUT2D eigenvalue weighted by Gasteiger charge is 2.25. The van der Waals surface area contributed by atoms with Gasteiger partial charge in [0.2, 0.25) is 0 Å². The van der Waals surface area contributed by atoms with Gasteiger partial charge in [-0.2, -0.15) is 0 Å². The Morgan fingerprint density at radius 3 is 2.75 bits per heavy atom. The molecule has 16 heavy (non-hydrogen) atoms. The number of ketones is 1. The number of likely N-dealkylation sites (N-methyl/N-ethyl adjacent to an activating group) is 1. The van der Waals surface area contributed by atoms with Crippen molar-refractivity contribution in [1.29, 1.82) is 0 Å². The molecule has 86 valence electrons. The smallest absolute Gasteiger partial charge is 0.179 e. The second kappa shape index (κ2) is 4.36. The van der Waals surface area contributed by atoms with Crippen LogP contribution in [0.1, 0.15) is 28.8 Å². The number of benzene rings is 1. The molecule has 0 spiro atoms. The molecule has 1 aromatic carbocycles. The zero-order valence-electron chi connectivity index (χ0n) is 9.81. The van der Waals surface area contributed by atoms with Gasteiger partial charge in [-0.1, -0.05) is 18.2 Å². The Kier molecular flexibility index (Phi) is 3.08. The van der Waals surface area contributed by atoms with E-state index in [1.165, 1.54) is 5.56 Å². The minimum Gasteiger partial charge on any atom is -0.321 e. The van der Waals surface area contributed by atoms with Crippen molar-refractivity contribution < 1.29 is 4.79 Å². The number of carbonyl (C=O) groups is 1. The number of rotatable bonds is 3. The number of hydrogen-bond donors (Lipinski definition) is 1. The zero-order valence-corrected chi connectivity index (χ0v) is 9.81. The van der Waals surface area contributed by atoms with E-state index in [2.05, 4.69) is 18.0 Å². The molecule has 1 aliphatic rings. The quantitative estimate of drug-likeness (QED) is 0.777. The van der Waals surface area contributed by atoms with Gasteiger partial charge in [-0.05, 0) is 25.6 Å². The van der Waals surface area contributed by atoms with Gasteiger partial charge in [0.1, 0.15) is 0 Å². The molecular weight excluding hydrogens is 200 g/mol. The number of nitrogens with two attached hydrogens (primary N) is 1. The molecule has 3 heteroatoms. The van der Waals surface area contributed by atoms with Crippen molar-refractivity contribution in [1.82, 2.24) is 4.90 Å². The van der Waals surface area contributed by atoms with Crippen LogP contribution in [0.15, 0.2) is 24.3 Å². The van der Waals surface area contributed by atoms with Gasteiger partial charge in [0.05, 0.1) is 6.04 Å². The molecular formula is C13H18N2O. The monoisotopic (exact) mass is 218 g/mol. The van der Waals surface area contributed by atoms with E-state index in [-0.39, 0.29) is 5.78 Å². The highest BCUT2D eigenvalue weighted by atomic mass is 16.1. The predicted octanol–water partition coefficient (Wildman–Crippen LogP) is 1.25. The van der Waals surface area contributed by atoms with Gasteiger partial charge in [-0.3, -0.25) is 4.79 Å². The molecule has 2 rings (SSSR count). The first-order chi connectivity index (χ1) is 7.58. The van der Waals surface area contributed by atoms with Gasteiger partial charge in [0, 0.05) is 24.6 Å². The van der Waals surface area contributed by atoms with E-state index in [0.29, 0.717) is 5.92 Å². The maximum Gasteiger partial charge on any atom is 0.179 e. The van der Waals surface area contributed by atoms with E-state index in [1.54, 1.807) is 6.92 Å². The SMILES string of the molecule is CC(N)C(=O)c1cccc(C2CN(C)C2)c1. The summed E-state index contributed by atoms with van der Waals surface area (Å²) in [5.74, 6) is 0.598. The minimum atomic E-state index is -0.417. The molecule has 0 amide bonds. The van der Waals surface area contributed by atoms with Gasteiger partial charge in [-0.25, -0.2) is 0 Å². The molecule has 0 aromatic heterocycles. The van der Waals surface area contributed by atoms with Crippen LogP contribution >= 0.6 is 0 Å². The third-order valence-corrected chi connectivity index (χ3v) is 3.12. The van der Waals surface area contributed by atoms with Gasteiger partial charge >= 0.3 is 0 Å². The second-order valence-electron chi connectivity index (χ2n) is 4.70. The Bertz CT molecular complexity index is 395. The molecule has 0 bridgehead atoms. The fourth-order valence-corrected chi connectivity index (χ4v) is 2.12. The van der Waals surface area contributed by atoms with E-state index in [0.717, 1.165) is 18.7 Å². The molecule has 1 atom stereocenters. The first-order valence-electron chi connectivity index (χ1n) is 5.66. The van der Waals surface area contributed by atoms with Crippen LogP contribution in [-0.4, -0.2) is 36.9 Å². The maximum atomic E-state index is 11.8. The lowest BCUT2D eigenvalue weighted by Crippen LogP contribution is -2.41. The van der Waals surface area contributed by atoms with Crippen LogP contribution in [0.2, 0.25) is 0 Å². The van der Waals surface area contributed by atoms with Crippen LogP contribution in [-0.2, 0) is 0 Å². The Morgan fingerprint density at radius 2 is 2.19 bits per heavy atom. The summed E-state index contributed by atoms with van der Waals surface area (Å²) < 4.78 is 0. The fourth-order valence-electron chi connectivity index (χ4n) is 2.12. The summed E-state index contributed by atoms with van der Waals surface area (Å²) in [5.41, 5.74) is 7.60. The molecule has 3 nitrogen and oxygen atoms in total. The molecule has 1 fully saturated rings. The van der Waals surface area contributed by atoms with E-state index in [4.69, 9.17) is 5.73 Å². The molecule has 1 saturated heterocycles. The van der Waals surface area contributed by atoms with Crippen LogP contribution in [0.5, 0.6) is 0 Å². The summed E-state index contributed by atoms with van der Waals surface area (Å²) >= 11 is 0. The van der Waals surface area contributed by atoms with Crippen molar-refractivity contribution in [3.63, 3.8) is 0 Å². The third-order valence-electron chi connectivity index (χ3n) is 3.12. The van der Waals surface area contributed by atoms with Crippen molar-refractivity contribution in [3.8, 4) is 0 Å².